The Morgan fingerprint density at radius 3 is 2.00 bits per heavy atom. The van der Waals surface area contributed by atoms with Gasteiger partial charge in [-0.1, -0.05) is 56.7 Å². The van der Waals surface area contributed by atoms with Gasteiger partial charge >= 0.3 is 0 Å². The van der Waals surface area contributed by atoms with E-state index in [9.17, 15) is 4.79 Å². The molecule has 0 saturated carbocycles. The molecule has 0 aliphatic heterocycles. The molecule has 0 radical (unpaired) electrons. The number of thioether (sulfide) groups is 1. The highest BCUT2D eigenvalue weighted by Crippen LogP contribution is 2.12. The second-order valence-electron chi connectivity index (χ2n) is 6.19. The number of carbonyl (C=O) groups excluding carboxylic acids is 1. The molecule has 0 aromatic carbocycles. The van der Waals surface area contributed by atoms with E-state index in [0.717, 1.165) is 12.3 Å². The van der Waals surface area contributed by atoms with Crippen LogP contribution in [0.3, 0.4) is 0 Å². The zero-order valence-corrected chi connectivity index (χ0v) is 15.2. The van der Waals surface area contributed by atoms with Gasteiger partial charge in [-0.3, -0.25) is 4.79 Å². The highest BCUT2D eigenvalue weighted by atomic mass is 32.2. The first-order valence-corrected chi connectivity index (χ1v) is 9.81. The van der Waals surface area contributed by atoms with Gasteiger partial charge in [0, 0.05) is 12.7 Å². The smallest absolute Gasteiger partial charge is 0.243 e. The minimum Gasteiger partial charge on any atom is -0.288 e. The Kier molecular flexibility index (Phi) is 11.2. The van der Waals surface area contributed by atoms with E-state index in [-0.39, 0.29) is 5.12 Å². The first kappa shape index (κ1) is 19.3. The molecule has 1 aromatic heterocycles. The number of hydrogen-bond acceptors (Lipinski definition) is 2. The lowest BCUT2D eigenvalue weighted by Gasteiger charge is -2.02. The third-order valence-electron chi connectivity index (χ3n) is 3.94. The predicted molar refractivity (Wildman–Crippen MR) is 94.9 cm³/mol. The Morgan fingerprint density at radius 1 is 0.955 bits per heavy atom. The lowest BCUT2D eigenvalue weighted by Crippen LogP contribution is -2.23. The Morgan fingerprint density at radius 2 is 1.50 bits per heavy atom. The van der Waals surface area contributed by atoms with E-state index in [1.54, 1.807) is 6.92 Å². The molecule has 0 aliphatic rings. The highest BCUT2D eigenvalue weighted by Gasteiger charge is 1.99. The van der Waals surface area contributed by atoms with Crippen LogP contribution in [-0.2, 0) is 18.4 Å². The van der Waals surface area contributed by atoms with E-state index in [1.165, 1.54) is 76.0 Å². The molecule has 1 rings (SSSR count). The molecule has 0 aliphatic carbocycles. The van der Waals surface area contributed by atoms with Crippen molar-refractivity contribution in [1.82, 2.24) is 4.57 Å². The summed E-state index contributed by atoms with van der Waals surface area (Å²) in [7, 11) is 2.07. The summed E-state index contributed by atoms with van der Waals surface area (Å²) in [6.45, 7) is 2.81. The number of aryl methyl sites for hydroxylation is 2. The van der Waals surface area contributed by atoms with E-state index < -0.39 is 0 Å². The van der Waals surface area contributed by atoms with Gasteiger partial charge in [-0.25, -0.2) is 9.13 Å². The second-order valence-corrected chi connectivity index (χ2v) is 7.46. The monoisotopic (exact) mass is 325 g/mol. The Balaban J connectivity index is 1.75. The van der Waals surface area contributed by atoms with Crippen molar-refractivity contribution in [3.63, 3.8) is 0 Å². The largest absolute Gasteiger partial charge is 0.288 e. The van der Waals surface area contributed by atoms with Crippen molar-refractivity contribution >= 4 is 16.9 Å². The molecule has 0 fully saturated rings. The van der Waals surface area contributed by atoms with E-state index in [2.05, 4.69) is 34.9 Å². The van der Waals surface area contributed by atoms with Crippen LogP contribution in [0, 0.1) is 0 Å². The maximum Gasteiger partial charge on any atom is 0.243 e. The number of nitrogens with zero attached hydrogens (tertiary/aromatic N) is 2. The lowest BCUT2D eigenvalue weighted by molar-refractivity contribution is -0.671. The van der Waals surface area contributed by atoms with E-state index in [1.807, 2.05) is 0 Å². The molecule has 0 unspecified atom stereocenters. The van der Waals surface area contributed by atoms with Crippen LogP contribution in [0.15, 0.2) is 18.7 Å². The molecule has 0 atom stereocenters. The Hall–Kier alpha value is -0.770. The van der Waals surface area contributed by atoms with Gasteiger partial charge in [0.1, 0.15) is 12.4 Å². The third kappa shape index (κ3) is 10.9. The maximum atomic E-state index is 10.8. The van der Waals surface area contributed by atoms with Gasteiger partial charge in [-0.15, -0.1) is 0 Å². The van der Waals surface area contributed by atoms with Crippen LogP contribution in [-0.4, -0.2) is 15.4 Å². The molecule has 3 nitrogen and oxygen atoms in total. The van der Waals surface area contributed by atoms with Gasteiger partial charge in [-0.2, -0.15) is 0 Å². The van der Waals surface area contributed by atoms with Crippen molar-refractivity contribution in [2.75, 3.05) is 5.75 Å². The lowest BCUT2D eigenvalue weighted by atomic mass is 10.1. The molecular weight excluding hydrogens is 292 g/mol. The zero-order valence-electron chi connectivity index (χ0n) is 14.4. The van der Waals surface area contributed by atoms with Crippen molar-refractivity contribution in [3.05, 3.63) is 18.7 Å². The number of carbonyl (C=O) groups is 1. The predicted octanol–water partition coefficient (Wildman–Crippen LogP) is 4.49. The number of rotatable bonds is 13. The fourth-order valence-electron chi connectivity index (χ4n) is 2.66. The van der Waals surface area contributed by atoms with Gasteiger partial charge in [0.05, 0.1) is 13.6 Å². The molecule has 22 heavy (non-hydrogen) atoms. The first-order valence-electron chi connectivity index (χ1n) is 8.83. The van der Waals surface area contributed by atoms with Crippen LogP contribution in [0.1, 0.15) is 71.1 Å². The van der Waals surface area contributed by atoms with E-state index >= 15 is 0 Å². The van der Waals surface area contributed by atoms with Crippen molar-refractivity contribution < 1.29 is 9.36 Å². The van der Waals surface area contributed by atoms with Crippen LogP contribution in [0.2, 0.25) is 0 Å². The molecular formula is C18H33N2OS+. The summed E-state index contributed by atoms with van der Waals surface area (Å²) in [5.41, 5.74) is 0. The molecule has 1 aromatic rings. The average Bonchev–Trinajstić information content (AvgIpc) is 2.89. The standard InChI is InChI=1S/C18H33N2OS/c1-18(21)22-16-12-10-8-6-4-3-5-7-9-11-13-20-15-14-19(2)17-20/h14-15,17H,3-13,16H2,1-2H3/q+1. The molecule has 0 N–H and O–H groups in total. The van der Waals surface area contributed by atoms with Crippen molar-refractivity contribution in [2.45, 2.75) is 77.7 Å². The zero-order chi connectivity index (χ0) is 16.0. The molecule has 126 valence electrons. The minimum atomic E-state index is 0.255. The van der Waals surface area contributed by atoms with E-state index in [4.69, 9.17) is 0 Å². The third-order valence-corrected chi connectivity index (χ3v) is 4.84. The normalized spacial score (nSPS) is 11.0. The van der Waals surface area contributed by atoms with Crippen molar-refractivity contribution in [1.29, 1.82) is 0 Å². The summed E-state index contributed by atoms with van der Waals surface area (Å²) >= 11 is 1.47. The number of hydrogen-bond donors (Lipinski definition) is 0. The summed E-state index contributed by atoms with van der Waals surface area (Å²) in [4.78, 5) is 10.8. The fourth-order valence-corrected chi connectivity index (χ4v) is 3.30. The SMILES string of the molecule is CC(=O)SCCCCCCCCCCCCn1cc[n+](C)c1. The van der Waals surface area contributed by atoms with E-state index in [0.29, 0.717) is 0 Å². The molecule has 0 spiro atoms. The summed E-state index contributed by atoms with van der Waals surface area (Å²) in [6, 6.07) is 0. The van der Waals surface area contributed by atoms with Gasteiger partial charge in [0.25, 0.3) is 0 Å². The van der Waals surface area contributed by atoms with Crippen LogP contribution >= 0.6 is 11.8 Å². The topological polar surface area (TPSA) is 25.9 Å². The molecule has 0 bridgehead atoms. The van der Waals surface area contributed by atoms with Crippen molar-refractivity contribution in [2.24, 2.45) is 7.05 Å². The maximum absolute atomic E-state index is 10.8. The van der Waals surface area contributed by atoms with Gasteiger partial charge in [-0.05, 0) is 19.3 Å². The summed E-state index contributed by atoms with van der Waals surface area (Å²) in [5, 5.41) is 0.255. The first-order chi connectivity index (χ1) is 10.7. The fraction of sp³-hybridized carbons (Fsp3) is 0.778. The number of unbranched alkanes of at least 4 members (excludes halogenated alkanes) is 9. The van der Waals surface area contributed by atoms with Crippen LogP contribution in [0.25, 0.3) is 0 Å². The highest BCUT2D eigenvalue weighted by molar-refractivity contribution is 8.13. The molecule has 1 heterocycles. The van der Waals surface area contributed by atoms with Crippen LogP contribution in [0.5, 0.6) is 0 Å². The van der Waals surface area contributed by atoms with Crippen LogP contribution < -0.4 is 4.57 Å². The number of aromatic nitrogens is 2. The summed E-state index contributed by atoms with van der Waals surface area (Å²) in [5.74, 6) is 1.01. The second kappa shape index (κ2) is 12.7. The van der Waals surface area contributed by atoms with Gasteiger partial charge in [0.2, 0.25) is 6.33 Å². The van der Waals surface area contributed by atoms with Crippen LogP contribution in [0.4, 0.5) is 0 Å². The van der Waals surface area contributed by atoms with Crippen molar-refractivity contribution in [3.8, 4) is 0 Å². The average molecular weight is 326 g/mol. The summed E-state index contributed by atoms with van der Waals surface area (Å²) in [6.07, 6.45) is 19.8. The molecule has 4 heteroatoms. The Labute approximate surface area is 140 Å². The minimum absolute atomic E-state index is 0.255. The van der Waals surface area contributed by atoms with Gasteiger partial charge in [0.15, 0.2) is 5.12 Å². The number of imidazole rings is 1. The quantitative estimate of drug-likeness (QED) is 0.394. The molecule has 0 amide bonds. The van der Waals surface area contributed by atoms with Gasteiger partial charge < -0.3 is 0 Å². The summed E-state index contributed by atoms with van der Waals surface area (Å²) < 4.78 is 4.36. The Bertz CT molecular complexity index is 404. The molecule has 0 saturated heterocycles.